The molecule has 1 aromatic carbocycles. The molecule has 88 valence electrons. The highest BCUT2D eigenvalue weighted by Gasteiger charge is 2.06. The smallest absolute Gasteiger partial charge is 0.129 e. The quantitative estimate of drug-likeness (QED) is 0.772. The molecule has 0 N–H and O–H groups in total. The molecule has 0 fully saturated rings. The molecule has 0 radical (unpaired) electrons. The van der Waals surface area contributed by atoms with Crippen LogP contribution in [-0.4, -0.2) is 19.1 Å². The highest BCUT2D eigenvalue weighted by molar-refractivity contribution is 9.10. The lowest BCUT2D eigenvalue weighted by molar-refractivity contribution is 1.10. The van der Waals surface area contributed by atoms with Crippen LogP contribution < -0.4 is 4.90 Å². The standard InChI is InChI=1S/C13H12BrClN2/c1-17(2)12-7-10(8-16-13(12)14)9-3-5-11(15)6-4-9/h3-8H,1-2H3. The van der Waals surface area contributed by atoms with Gasteiger partial charge in [0.25, 0.3) is 0 Å². The third kappa shape index (κ3) is 2.79. The molecule has 17 heavy (non-hydrogen) atoms. The van der Waals surface area contributed by atoms with Crippen molar-refractivity contribution in [2.45, 2.75) is 0 Å². The lowest BCUT2D eigenvalue weighted by Crippen LogP contribution is -2.10. The second-order valence-corrected chi connectivity index (χ2v) is 5.12. The number of hydrogen-bond donors (Lipinski definition) is 0. The monoisotopic (exact) mass is 310 g/mol. The predicted molar refractivity (Wildman–Crippen MR) is 76.7 cm³/mol. The second kappa shape index (κ2) is 5.07. The van der Waals surface area contributed by atoms with Crippen molar-refractivity contribution < 1.29 is 0 Å². The van der Waals surface area contributed by atoms with Crippen LogP contribution in [0.1, 0.15) is 0 Å². The fraction of sp³-hybridized carbons (Fsp3) is 0.154. The Morgan fingerprint density at radius 1 is 1.12 bits per heavy atom. The van der Waals surface area contributed by atoms with Crippen molar-refractivity contribution in [3.05, 3.63) is 46.2 Å². The minimum absolute atomic E-state index is 0.742. The Hall–Kier alpha value is -1.06. The van der Waals surface area contributed by atoms with Crippen LogP contribution in [0, 0.1) is 0 Å². The van der Waals surface area contributed by atoms with Gasteiger partial charge in [0.15, 0.2) is 0 Å². The largest absolute Gasteiger partial charge is 0.375 e. The molecule has 2 aromatic rings. The van der Waals surface area contributed by atoms with Crippen LogP contribution in [-0.2, 0) is 0 Å². The summed E-state index contributed by atoms with van der Waals surface area (Å²) in [5.41, 5.74) is 3.24. The molecule has 2 nitrogen and oxygen atoms in total. The Balaban J connectivity index is 2.46. The van der Waals surface area contributed by atoms with Gasteiger partial charge in [-0.3, -0.25) is 0 Å². The minimum atomic E-state index is 0.742. The Morgan fingerprint density at radius 3 is 2.35 bits per heavy atom. The number of nitrogens with zero attached hydrogens (tertiary/aromatic N) is 2. The molecule has 0 saturated carbocycles. The van der Waals surface area contributed by atoms with E-state index in [-0.39, 0.29) is 0 Å². The van der Waals surface area contributed by atoms with Gasteiger partial charge in [-0.05, 0) is 39.7 Å². The van der Waals surface area contributed by atoms with Crippen LogP contribution in [0.4, 0.5) is 5.69 Å². The van der Waals surface area contributed by atoms with Gasteiger partial charge in [0.2, 0.25) is 0 Å². The molecule has 4 heteroatoms. The van der Waals surface area contributed by atoms with Gasteiger partial charge < -0.3 is 4.90 Å². The highest BCUT2D eigenvalue weighted by atomic mass is 79.9. The topological polar surface area (TPSA) is 16.1 Å². The summed E-state index contributed by atoms with van der Waals surface area (Å²) in [5.74, 6) is 0. The molecule has 0 bridgehead atoms. The predicted octanol–water partition coefficient (Wildman–Crippen LogP) is 4.23. The van der Waals surface area contributed by atoms with Gasteiger partial charge in [-0.2, -0.15) is 0 Å². The zero-order valence-electron chi connectivity index (χ0n) is 9.61. The zero-order valence-corrected chi connectivity index (χ0v) is 12.0. The number of hydrogen-bond acceptors (Lipinski definition) is 2. The van der Waals surface area contributed by atoms with Gasteiger partial charge in [-0.15, -0.1) is 0 Å². The first-order valence-corrected chi connectivity index (χ1v) is 6.34. The first-order valence-electron chi connectivity index (χ1n) is 5.17. The molecule has 0 spiro atoms. The first kappa shape index (κ1) is 12.4. The third-order valence-electron chi connectivity index (χ3n) is 2.48. The Kier molecular flexibility index (Phi) is 3.69. The van der Waals surface area contributed by atoms with E-state index in [1.54, 1.807) is 0 Å². The fourth-order valence-electron chi connectivity index (χ4n) is 1.55. The van der Waals surface area contributed by atoms with Gasteiger partial charge in [-0.25, -0.2) is 4.98 Å². The minimum Gasteiger partial charge on any atom is -0.375 e. The number of aromatic nitrogens is 1. The fourth-order valence-corrected chi connectivity index (χ4v) is 2.25. The summed E-state index contributed by atoms with van der Waals surface area (Å²) in [4.78, 5) is 6.37. The second-order valence-electron chi connectivity index (χ2n) is 3.94. The van der Waals surface area contributed by atoms with Crippen LogP contribution in [0.2, 0.25) is 5.02 Å². The first-order chi connectivity index (χ1) is 8.08. The van der Waals surface area contributed by atoms with Crippen molar-refractivity contribution in [2.24, 2.45) is 0 Å². The van der Waals surface area contributed by atoms with Crippen LogP contribution in [0.3, 0.4) is 0 Å². The van der Waals surface area contributed by atoms with Crippen LogP contribution >= 0.6 is 27.5 Å². The van der Waals surface area contributed by atoms with E-state index in [1.807, 2.05) is 49.5 Å². The molecule has 0 aliphatic heterocycles. The summed E-state index contributed by atoms with van der Waals surface area (Å²) < 4.78 is 0.847. The van der Waals surface area contributed by atoms with Crippen molar-refractivity contribution in [2.75, 3.05) is 19.0 Å². The Labute approximate surface area is 114 Å². The molecule has 2 rings (SSSR count). The molecule has 1 heterocycles. The summed E-state index contributed by atoms with van der Waals surface area (Å²) in [5, 5.41) is 0.742. The lowest BCUT2D eigenvalue weighted by Gasteiger charge is -2.15. The van der Waals surface area contributed by atoms with E-state index >= 15 is 0 Å². The molecule has 0 unspecified atom stereocenters. The molecular weight excluding hydrogens is 300 g/mol. The van der Waals surface area contributed by atoms with Crippen molar-refractivity contribution in [3.8, 4) is 11.1 Å². The van der Waals surface area contributed by atoms with Gasteiger partial charge in [0, 0.05) is 30.9 Å². The number of benzene rings is 1. The molecule has 0 saturated heterocycles. The molecule has 0 aliphatic carbocycles. The van der Waals surface area contributed by atoms with Crippen LogP contribution in [0.25, 0.3) is 11.1 Å². The molecule has 0 aliphatic rings. The van der Waals surface area contributed by atoms with E-state index < -0.39 is 0 Å². The average molecular weight is 312 g/mol. The van der Waals surface area contributed by atoms with E-state index in [1.165, 1.54) is 0 Å². The van der Waals surface area contributed by atoms with E-state index in [0.29, 0.717) is 0 Å². The lowest BCUT2D eigenvalue weighted by atomic mass is 10.1. The van der Waals surface area contributed by atoms with E-state index in [9.17, 15) is 0 Å². The van der Waals surface area contributed by atoms with Gasteiger partial charge in [-0.1, -0.05) is 23.7 Å². The van der Waals surface area contributed by atoms with E-state index in [0.717, 1.165) is 26.4 Å². The summed E-state index contributed by atoms with van der Waals surface area (Å²) in [7, 11) is 3.99. The Bertz CT molecular complexity index is 523. The summed E-state index contributed by atoms with van der Waals surface area (Å²) >= 11 is 9.32. The maximum Gasteiger partial charge on any atom is 0.129 e. The Morgan fingerprint density at radius 2 is 1.76 bits per heavy atom. The average Bonchev–Trinajstić information content (AvgIpc) is 2.30. The van der Waals surface area contributed by atoms with E-state index in [2.05, 4.69) is 27.0 Å². The molecule has 1 aromatic heterocycles. The van der Waals surface area contributed by atoms with Gasteiger partial charge in [0.1, 0.15) is 4.60 Å². The maximum atomic E-state index is 5.87. The zero-order chi connectivity index (χ0) is 12.4. The number of halogens is 2. The SMILES string of the molecule is CN(C)c1cc(-c2ccc(Cl)cc2)cnc1Br. The van der Waals surface area contributed by atoms with Crippen molar-refractivity contribution in [1.29, 1.82) is 0 Å². The normalized spacial score (nSPS) is 10.4. The molecule has 0 amide bonds. The van der Waals surface area contributed by atoms with Crippen molar-refractivity contribution in [1.82, 2.24) is 4.98 Å². The summed E-state index contributed by atoms with van der Waals surface area (Å²) in [6.45, 7) is 0. The number of pyridine rings is 1. The number of anilines is 1. The highest BCUT2D eigenvalue weighted by Crippen LogP contribution is 2.29. The number of rotatable bonds is 2. The maximum absolute atomic E-state index is 5.87. The molecular formula is C13H12BrClN2. The third-order valence-corrected chi connectivity index (χ3v) is 3.34. The van der Waals surface area contributed by atoms with Gasteiger partial charge in [0.05, 0.1) is 5.69 Å². The van der Waals surface area contributed by atoms with Crippen molar-refractivity contribution >= 4 is 33.2 Å². The van der Waals surface area contributed by atoms with Gasteiger partial charge >= 0.3 is 0 Å². The van der Waals surface area contributed by atoms with Crippen molar-refractivity contribution in [3.63, 3.8) is 0 Å². The van der Waals surface area contributed by atoms with E-state index in [4.69, 9.17) is 11.6 Å². The summed E-state index contributed by atoms with van der Waals surface area (Å²) in [6, 6.07) is 9.85. The summed E-state index contributed by atoms with van der Waals surface area (Å²) in [6.07, 6.45) is 1.85. The van der Waals surface area contributed by atoms with Crippen LogP contribution in [0.5, 0.6) is 0 Å². The van der Waals surface area contributed by atoms with Crippen LogP contribution in [0.15, 0.2) is 41.1 Å². The molecule has 0 atom stereocenters.